The summed E-state index contributed by atoms with van der Waals surface area (Å²) in [4.78, 5) is 11.7. The first-order valence-corrected chi connectivity index (χ1v) is 6.55. The minimum Gasteiger partial charge on any atom is -0.491 e. The fraction of sp³-hybridized carbons (Fsp3) is 0.500. The molecule has 1 aliphatic carbocycles. The van der Waals surface area contributed by atoms with E-state index in [-0.39, 0.29) is 11.9 Å². The summed E-state index contributed by atoms with van der Waals surface area (Å²) in [7, 11) is 1.42. The molecule has 1 aromatic rings. The molecule has 1 aromatic carbocycles. The normalized spacial score (nSPS) is 16.8. The molecular weight excluding hydrogens is 252 g/mol. The Morgan fingerprint density at radius 1 is 1.44 bits per heavy atom. The first-order chi connectivity index (χ1) is 8.72. The van der Waals surface area contributed by atoms with Crippen LogP contribution in [-0.2, 0) is 9.53 Å². The molecule has 0 radical (unpaired) electrons. The van der Waals surface area contributed by atoms with Gasteiger partial charge in [-0.3, -0.25) is 4.79 Å². The molecule has 0 spiro atoms. The molecule has 18 heavy (non-hydrogen) atoms. The number of carbonyl (C=O) groups is 1. The molecule has 1 unspecified atom stereocenters. The molecule has 1 atom stereocenters. The van der Waals surface area contributed by atoms with Gasteiger partial charge < -0.3 is 9.47 Å². The molecule has 4 heteroatoms. The summed E-state index contributed by atoms with van der Waals surface area (Å²) in [6.07, 6.45) is 3.33. The highest BCUT2D eigenvalue weighted by molar-refractivity contribution is 6.32. The van der Waals surface area contributed by atoms with E-state index in [1.165, 1.54) is 13.5 Å². The smallest absolute Gasteiger partial charge is 0.312 e. The van der Waals surface area contributed by atoms with Crippen LogP contribution in [0.1, 0.15) is 19.3 Å². The van der Waals surface area contributed by atoms with Gasteiger partial charge in [0.2, 0.25) is 0 Å². The number of benzene rings is 1. The monoisotopic (exact) mass is 268 g/mol. The van der Waals surface area contributed by atoms with E-state index in [4.69, 9.17) is 21.1 Å². The van der Waals surface area contributed by atoms with E-state index in [9.17, 15) is 4.79 Å². The predicted octanol–water partition coefficient (Wildman–Crippen LogP) is 3.31. The van der Waals surface area contributed by atoms with E-state index < -0.39 is 0 Å². The second-order valence-corrected chi connectivity index (χ2v) is 4.97. The summed E-state index contributed by atoms with van der Waals surface area (Å²) in [6, 6.07) is 7.28. The zero-order valence-electron chi connectivity index (χ0n) is 10.4. The number of para-hydroxylation sites is 1. The van der Waals surface area contributed by atoms with Crippen molar-refractivity contribution in [3.8, 4) is 5.75 Å². The van der Waals surface area contributed by atoms with Gasteiger partial charge in [0.25, 0.3) is 0 Å². The van der Waals surface area contributed by atoms with Crippen LogP contribution in [0.3, 0.4) is 0 Å². The van der Waals surface area contributed by atoms with Gasteiger partial charge in [-0.25, -0.2) is 0 Å². The van der Waals surface area contributed by atoms with E-state index in [1.54, 1.807) is 12.1 Å². The summed E-state index contributed by atoms with van der Waals surface area (Å²) < 4.78 is 10.5. The van der Waals surface area contributed by atoms with Crippen LogP contribution in [0.5, 0.6) is 5.75 Å². The van der Waals surface area contributed by atoms with Crippen molar-refractivity contribution in [1.29, 1.82) is 0 Å². The van der Waals surface area contributed by atoms with E-state index in [1.807, 2.05) is 12.1 Å². The highest BCUT2D eigenvalue weighted by atomic mass is 35.5. The SMILES string of the molecule is COC(=O)C(COc1ccccc1Cl)C1CCC1. The number of esters is 1. The molecule has 2 rings (SSSR count). The third-order valence-corrected chi connectivity index (χ3v) is 3.79. The van der Waals surface area contributed by atoms with Gasteiger partial charge in [-0.05, 0) is 30.9 Å². The quantitative estimate of drug-likeness (QED) is 0.769. The van der Waals surface area contributed by atoms with Gasteiger partial charge in [-0.2, -0.15) is 0 Å². The molecule has 0 bridgehead atoms. The van der Waals surface area contributed by atoms with Gasteiger partial charge >= 0.3 is 5.97 Å². The Hall–Kier alpha value is -1.22. The summed E-state index contributed by atoms with van der Waals surface area (Å²) >= 11 is 6.01. The predicted molar refractivity (Wildman–Crippen MR) is 69.8 cm³/mol. The maximum atomic E-state index is 11.7. The van der Waals surface area contributed by atoms with Gasteiger partial charge in [-0.1, -0.05) is 30.2 Å². The van der Waals surface area contributed by atoms with E-state index in [0.29, 0.717) is 23.3 Å². The minimum absolute atomic E-state index is 0.181. The number of hydrogen-bond donors (Lipinski definition) is 0. The highest BCUT2D eigenvalue weighted by Crippen LogP contribution is 2.35. The average Bonchev–Trinajstić information content (AvgIpc) is 2.32. The van der Waals surface area contributed by atoms with Gasteiger partial charge in [0.15, 0.2) is 0 Å². The van der Waals surface area contributed by atoms with Gasteiger partial charge in [0, 0.05) is 0 Å². The second-order valence-electron chi connectivity index (χ2n) is 4.56. The third kappa shape index (κ3) is 2.96. The van der Waals surface area contributed by atoms with E-state index >= 15 is 0 Å². The van der Waals surface area contributed by atoms with Crippen LogP contribution >= 0.6 is 11.6 Å². The van der Waals surface area contributed by atoms with E-state index in [2.05, 4.69) is 0 Å². The summed E-state index contributed by atoms with van der Waals surface area (Å²) in [5.41, 5.74) is 0. The Kier molecular flexibility index (Phi) is 4.48. The molecule has 3 nitrogen and oxygen atoms in total. The Bertz CT molecular complexity index is 415. The highest BCUT2D eigenvalue weighted by Gasteiger charge is 2.34. The lowest BCUT2D eigenvalue weighted by atomic mass is 9.76. The lowest BCUT2D eigenvalue weighted by Crippen LogP contribution is -2.34. The number of rotatable bonds is 5. The van der Waals surface area contributed by atoms with Gasteiger partial charge in [0.05, 0.1) is 18.1 Å². The molecule has 0 heterocycles. The van der Waals surface area contributed by atoms with Crippen LogP contribution in [0.2, 0.25) is 5.02 Å². The minimum atomic E-state index is -0.188. The number of methoxy groups -OCH3 is 1. The van der Waals surface area contributed by atoms with Crippen LogP contribution in [0.15, 0.2) is 24.3 Å². The van der Waals surface area contributed by atoms with Crippen molar-refractivity contribution >= 4 is 17.6 Å². The molecule has 0 aliphatic heterocycles. The number of hydrogen-bond acceptors (Lipinski definition) is 3. The Labute approximate surface area is 112 Å². The van der Waals surface area contributed by atoms with E-state index in [0.717, 1.165) is 12.8 Å². The molecule has 0 amide bonds. The zero-order chi connectivity index (χ0) is 13.0. The Morgan fingerprint density at radius 2 is 2.17 bits per heavy atom. The summed E-state index contributed by atoms with van der Waals surface area (Å²) in [5, 5.41) is 0.565. The maximum Gasteiger partial charge on any atom is 0.312 e. The molecule has 0 aromatic heterocycles. The number of carbonyl (C=O) groups excluding carboxylic acids is 1. The van der Waals surface area contributed by atoms with Crippen molar-refractivity contribution in [3.63, 3.8) is 0 Å². The lowest BCUT2D eigenvalue weighted by molar-refractivity contribution is -0.150. The molecular formula is C14H17ClO3. The van der Waals surface area contributed by atoms with Crippen LogP contribution in [0.25, 0.3) is 0 Å². The van der Waals surface area contributed by atoms with Crippen molar-refractivity contribution in [3.05, 3.63) is 29.3 Å². The molecule has 1 fully saturated rings. The van der Waals surface area contributed by atoms with Crippen LogP contribution in [-0.4, -0.2) is 19.7 Å². The van der Waals surface area contributed by atoms with Crippen molar-refractivity contribution < 1.29 is 14.3 Å². The lowest BCUT2D eigenvalue weighted by Gasteiger charge is -2.31. The summed E-state index contributed by atoms with van der Waals surface area (Å²) in [5.74, 6) is 0.638. The average molecular weight is 269 g/mol. The zero-order valence-corrected chi connectivity index (χ0v) is 11.2. The Morgan fingerprint density at radius 3 is 2.72 bits per heavy atom. The summed E-state index contributed by atoms with van der Waals surface area (Å²) in [6.45, 7) is 0.334. The largest absolute Gasteiger partial charge is 0.491 e. The van der Waals surface area contributed by atoms with Crippen molar-refractivity contribution in [2.24, 2.45) is 11.8 Å². The Balaban J connectivity index is 1.97. The second kappa shape index (κ2) is 6.10. The van der Waals surface area contributed by atoms with Crippen molar-refractivity contribution in [2.75, 3.05) is 13.7 Å². The molecule has 1 saturated carbocycles. The number of ether oxygens (including phenoxy) is 2. The van der Waals surface area contributed by atoms with Gasteiger partial charge in [0.1, 0.15) is 12.4 Å². The topological polar surface area (TPSA) is 35.5 Å². The van der Waals surface area contributed by atoms with Gasteiger partial charge in [-0.15, -0.1) is 0 Å². The van der Waals surface area contributed by atoms with Crippen LogP contribution < -0.4 is 4.74 Å². The standard InChI is InChI=1S/C14H17ClO3/c1-17-14(16)11(10-5-4-6-10)9-18-13-8-3-2-7-12(13)15/h2-3,7-8,10-11H,4-6,9H2,1H3. The third-order valence-electron chi connectivity index (χ3n) is 3.48. The number of halogens is 1. The maximum absolute atomic E-state index is 11.7. The molecule has 0 N–H and O–H groups in total. The first-order valence-electron chi connectivity index (χ1n) is 6.17. The first kappa shape index (κ1) is 13.2. The van der Waals surface area contributed by atoms with Crippen molar-refractivity contribution in [2.45, 2.75) is 19.3 Å². The fourth-order valence-corrected chi connectivity index (χ4v) is 2.32. The molecule has 98 valence electrons. The fourth-order valence-electron chi connectivity index (χ4n) is 2.13. The van der Waals surface area contributed by atoms with Crippen molar-refractivity contribution in [1.82, 2.24) is 0 Å². The molecule has 1 aliphatic rings. The van der Waals surface area contributed by atoms with Crippen LogP contribution in [0, 0.1) is 11.8 Å². The molecule has 0 saturated heterocycles. The van der Waals surface area contributed by atoms with Crippen LogP contribution in [0.4, 0.5) is 0 Å².